The largest absolute Gasteiger partial charge is 0.480 e. The van der Waals surface area contributed by atoms with Crippen LogP contribution >= 0.6 is 11.6 Å². The highest BCUT2D eigenvalue weighted by Crippen LogP contribution is 2.19. The maximum absolute atomic E-state index is 12.4. The molecule has 1 aromatic carbocycles. The molecule has 7 nitrogen and oxygen atoms in total. The Kier molecular flexibility index (Phi) is 4.64. The van der Waals surface area contributed by atoms with Gasteiger partial charge in [0.1, 0.15) is 13.1 Å². The van der Waals surface area contributed by atoms with E-state index in [1.165, 1.54) is 4.90 Å². The van der Waals surface area contributed by atoms with Crippen LogP contribution in [-0.4, -0.2) is 54.1 Å². The van der Waals surface area contributed by atoms with E-state index in [0.29, 0.717) is 23.8 Å². The first-order valence-corrected chi connectivity index (χ1v) is 6.65. The molecular weight excluding hydrogens is 298 g/mol. The standard InChI is InChI=1S/C13H14ClN3O4/c14-9-1-3-10(4-2-9)17(8-12(19)20)13(21)16-6-5-15-11(18)7-16/h1-4H,5-8H2,(H,15,18)(H,19,20). The second kappa shape index (κ2) is 6.45. The van der Waals surface area contributed by atoms with Crippen LogP contribution in [0.5, 0.6) is 0 Å². The summed E-state index contributed by atoms with van der Waals surface area (Å²) < 4.78 is 0. The molecule has 2 rings (SSSR count). The van der Waals surface area contributed by atoms with Crippen LogP contribution in [-0.2, 0) is 9.59 Å². The summed E-state index contributed by atoms with van der Waals surface area (Å²) in [6, 6.07) is 5.75. The first-order chi connectivity index (χ1) is 9.97. The zero-order valence-electron chi connectivity index (χ0n) is 11.1. The van der Waals surface area contributed by atoms with Crippen LogP contribution in [0.15, 0.2) is 24.3 Å². The molecule has 1 heterocycles. The minimum atomic E-state index is -1.14. The Bertz CT molecular complexity index is 561. The van der Waals surface area contributed by atoms with Crippen LogP contribution in [0.2, 0.25) is 5.02 Å². The molecule has 1 fully saturated rings. The van der Waals surface area contributed by atoms with Gasteiger partial charge in [0.2, 0.25) is 5.91 Å². The second-order valence-electron chi connectivity index (χ2n) is 4.51. The first kappa shape index (κ1) is 15.1. The van der Waals surface area contributed by atoms with Gasteiger partial charge in [0, 0.05) is 23.8 Å². The number of carboxylic acids is 1. The number of carbonyl (C=O) groups is 3. The van der Waals surface area contributed by atoms with Crippen molar-refractivity contribution in [1.29, 1.82) is 0 Å². The summed E-state index contributed by atoms with van der Waals surface area (Å²) in [4.78, 5) is 37.2. The number of hydrogen-bond donors (Lipinski definition) is 2. The van der Waals surface area contributed by atoms with Crippen molar-refractivity contribution in [2.75, 3.05) is 31.1 Å². The molecule has 0 spiro atoms. The fraction of sp³-hybridized carbons (Fsp3) is 0.308. The summed E-state index contributed by atoms with van der Waals surface area (Å²) in [6.45, 7) is 0.126. The topological polar surface area (TPSA) is 89.9 Å². The summed E-state index contributed by atoms with van der Waals surface area (Å²) in [5, 5.41) is 12.1. The molecule has 1 aromatic rings. The number of halogens is 1. The molecule has 8 heteroatoms. The fourth-order valence-corrected chi connectivity index (χ4v) is 2.12. The van der Waals surface area contributed by atoms with Crippen molar-refractivity contribution in [3.05, 3.63) is 29.3 Å². The number of hydrogen-bond acceptors (Lipinski definition) is 3. The molecule has 0 unspecified atom stereocenters. The Balaban J connectivity index is 2.22. The maximum atomic E-state index is 12.4. The third-order valence-electron chi connectivity index (χ3n) is 2.97. The van der Waals surface area contributed by atoms with Crippen LogP contribution < -0.4 is 10.2 Å². The molecule has 0 atom stereocenters. The summed E-state index contributed by atoms with van der Waals surface area (Å²) in [6.07, 6.45) is 0. The predicted octanol–water partition coefficient (Wildman–Crippen LogP) is 0.783. The van der Waals surface area contributed by atoms with Crippen molar-refractivity contribution in [3.63, 3.8) is 0 Å². The number of urea groups is 1. The Morgan fingerprint density at radius 2 is 2.00 bits per heavy atom. The number of anilines is 1. The minimum Gasteiger partial charge on any atom is -0.480 e. The Morgan fingerprint density at radius 3 is 2.57 bits per heavy atom. The molecule has 0 radical (unpaired) electrons. The van der Waals surface area contributed by atoms with E-state index in [1.807, 2.05) is 0 Å². The zero-order chi connectivity index (χ0) is 15.4. The van der Waals surface area contributed by atoms with E-state index in [9.17, 15) is 14.4 Å². The highest BCUT2D eigenvalue weighted by molar-refractivity contribution is 6.30. The molecule has 3 amide bonds. The molecular formula is C13H14ClN3O4. The lowest BCUT2D eigenvalue weighted by atomic mass is 10.3. The quantitative estimate of drug-likeness (QED) is 0.863. The highest BCUT2D eigenvalue weighted by atomic mass is 35.5. The lowest BCUT2D eigenvalue weighted by Gasteiger charge is -2.32. The molecule has 0 aliphatic carbocycles. The van der Waals surface area contributed by atoms with E-state index in [1.54, 1.807) is 24.3 Å². The van der Waals surface area contributed by atoms with E-state index in [2.05, 4.69) is 5.32 Å². The first-order valence-electron chi connectivity index (χ1n) is 6.28. The fourth-order valence-electron chi connectivity index (χ4n) is 2.00. The normalized spacial score (nSPS) is 14.5. The van der Waals surface area contributed by atoms with Gasteiger partial charge in [-0.25, -0.2) is 4.79 Å². The van der Waals surface area contributed by atoms with E-state index in [-0.39, 0.29) is 12.5 Å². The van der Waals surface area contributed by atoms with Gasteiger partial charge in [0.05, 0.1) is 0 Å². The van der Waals surface area contributed by atoms with E-state index < -0.39 is 18.5 Å². The summed E-state index contributed by atoms with van der Waals surface area (Å²) in [7, 11) is 0. The maximum Gasteiger partial charge on any atom is 0.325 e. The van der Waals surface area contributed by atoms with Crippen molar-refractivity contribution in [1.82, 2.24) is 10.2 Å². The Hall–Kier alpha value is -2.28. The molecule has 1 saturated heterocycles. The van der Waals surface area contributed by atoms with Crippen LogP contribution in [0.3, 0.4) is 0 Å². The number of aliphatic carboxylic acids is 1. The summed E-state index contributed by atoms with van der Waals surface area (Å²) in [5.41, 5.74) is 0.415. The monoisotopic (exact) mass is 311 g/mol. The van der Waals surface area contributed by atoms with Gasteiger partial charge in [-0.2, -0.15) is 0 Å². The van der Waals surface area contributed by atoms with Gasteiger partial charge in [-0.1, -0.05) is 11.6 Å². The van der Waals surface area contributed by atoms with Gasteiger partial charge in [-0.3, -0.25) is 14.5 Å². The van der Waals surface area contributed by atoms with E-state index in [4.69, 9.17) is 16.7 Å². The Labute approximate surface area is 126 Å². The lowest BCUT2D eigenvalue weighted by Crippen LogP contribution is -2.54. The van der Waals surface area contributed by atoms with Gasteiger partial charge in [-0.05, 0) is 24.3 Å². The molecule has 0 aromatic heterocycles. The number of benzene rings is 1. The van der Waals surface area contributed by atoms with E-state index >= 15 is 0 Å². The molecule has 112 valence electrons. The van der Waals surface area contributed by atoms with Crippen molar-refractivity contribution in [3.8, 4) is 0 Å². The molecule has 0 bridgehead atoms. The van der Waals surface area contributed by atoms with Crippen LogP contribution in [0, 0.1) is 0 Å². The highest BCUT2D eigenvalue weighted by Gasteiger charge is 2.27. The number of piperazine rings is 1. The number of amides is 3. The van der Waals surface area contributed by atoms with Gasteiger partial charge >= 0.3 is 12.0 Å². The average Bonchev–Trinajstić information content (AvgIpc) is 2.45. The molecule has 21 heavy (non-hydrogen) atoms. The second-order valence-corrected chi connectivity index (χ2v) is 4.95. The third kappa shape index (κ3) is 3.85. The lowest BCUT2D eigenvalue weighted by molar-refractivity contribution is -0.135. The van der Waals surface area contributed by atoms with Crippen LogP contribution in [0.25, 0.3) is 0 Å². The van der Waals surface area contributed by atoms with E-state index in [0.717, 1.165) is 4.90 Å². The summed E-state index contributed by atoms with van der Waals surface area (Å²) >= 11 is 5.79. The van der Waals surface area contributed by atoms with Gasteiger partial charge in [-0.15, -0.1) is 0 Å². The Morgan fingerprint density at radius 1 is 1.33 bits per heavy atom. The van der Waals surface area contributed by atoms with Gasteiger partial charge in [0.25, 0.3) is 0 Å². The zero-order valence-corrected chi connectivity index (χ0v) is 11.8. The predicted molar refractivity (Wildman–Crippen MR) is 76.4 cm³/mol. The van der Waals surface area contributed by atoms with Gasteiger partial charge < -0.3 is 15.3 Å². The number of carbonyl (C=O) groups excluding carboxylic acids is 2. The summed E-state index contributed by atoms with van der Waals surface area (Å²) in [5.74, 6) is -1.40. The van der Waals surface area contributed by atoms with Gasteiger partial charge in [0.15, 0.2) is 0 Å². The number of nitrogens with zero attached hydrogens (tertiary/aromatic N) is 2. The minimum absolute atomic E-state index is 0.0808. The smallest absolute Gasteiger partial charge is 0.325 e. The van der Waals surface area contributed by atoms with Crippen LogP contribution in [0.1, 0.15) is 0 Å². The molecule has 2 N–H and O–H groups in total. The molecule has 1 aliphatic rings. The number of nitrogens with one attached hydrogen (secondary N) is 1. The SMILES string of the molecule is O=C(O)CN(C(=O)N1CCNC(=O)C1)c1ccc(Cl)cc1. The number of carboxylic acid groups (broad SMARTS) is 1. The van der Waals surface area contributed by atoms with Crippen molar-refractivity contribution < 1.29 is 19.5 Å². The molecule has 1 aliphatic heterocycles. The average molecular weight is 312 g/mol. The van der Waals surface area contributed by atoms with Crippen LogP contribution in [0.4, 0.5) is 10.5 Å². The van der Waals surface area contributed by atoms with Crippen molar-refractivity contribution >= 4 is 35.2 Å². The number of rotatable bonds is 3. The van der Waals surface area contributed by atoms with Crippen molar-refractivity contribution in [2.24, 2.45) is 0 Å². The third-order valence-corrected chi connectivity index (χ3v) is 3.22. The molecule has 0 saturated carbocycles. The van der Waals surface area contributed by atoms with Crippen molar-refractivity contribution in [2.45, 2.75) is 0 Å².